The summed E-state index contributed by atoms with van der Waals surface area (Å²) in [6.45, 7) is 9.29. The van der Waals surface area contributed by atoms with Crippen LogP contribution in [0.25, 0.3) is 0 Å². The molecule has 0 heterocycles. The van der Waals surface area contributed by atoms with Gasteiger partial charge in [0.15, 0.2) is 5.17 Å². The van der Waals surface area contributed by atoms with Crippen molar-refractivity contribution in [3.63, 3.8) is 0 Å². The summed E-state index contributed by atoms with van der Waals surface area (Å²) in [5, 5.41) is 0.569. The largest absolute Gasteiger partial charge is 0.494 e. The highest BCUT2D eigenvalue weighted by Crippen LogP contribution is 2.24. The van der Waals surface area contributed by atoms with Crippen LogP contribution in [0.4, 0.5) is 5.69 Å². The minimum absolute atomic E-state index is 0.180. The van der Waals surface area contributed by atoms with Crippen molar-refractivity contribution in [1.82, 2.24) is 0 Å². The number of hydrogen-bond donors (Lipinski definition) is 1. The van der Waals surface area contributed by atoms with Crippen LogP contribution in [-0.2, 0) is 11.2 Å². The van der Waals surface area contributed by atoms with Gasteiger partial charge in [0, 0.05) is 5.75 Å². The first kappa shape index (κ1) is 18.4. The lowest BCUT2D eigenvalue weighted by Gasteiger charge is -2.19. The van der Waals surface area contributed by atoms with Gasteiger partial charge in [-0.2, -0.15) is 0 Å². The molecule has 0 spiro atoms. The molecule has 2 rings (SSSR count). The van der Waals surface area contributed by atoms with E-state index >= 15 is 0 Å². The molecule has 2 aromatic carbocycles. The van der Waals surface area contributed by atoms with E-state index in [9.17, 15) is 0 Å². The van der Waals surface area contributed by atoms with E-state index in [-0.39, 0.29) is 5.41 Å². The predicted molar refractivity (Wildman–Crippen MR) is 105 cm³/mol. The van der Waals surface area contributed by atoms with E-state index < -0.39 is 0 Å². The average Bonchev–Trinajstić information content (AvgIpc) is 2.55. The van der Waals surface area contributed by atoms with Gasteiger partial charge in [-0.1, -0.05) is 56.8 Å². The van der Waals surface area contributed by atoms with Gasteiger partial charge in [0.25, 0.3) is 0 Å². The molecule has 2 aromatic rings. The van der Waals surface area contributed by atoms with Crippen molar-refractivity contribution in [3.8, 4) is 5.75 Å². The third-order valence-electron chi connectivity index (χ3n) is 3.59. The van der Waals surface area contributed by atoms with Crippen LogP contribution in [0.5, 0.6) is 5.75 Å². The molecule has 0 unspecified atom stereocenters. The molecule has 0 aromatic heterocycles. The fourth-order valence-electron chi connectivity index (χ4n) is 2.20. The van der Waals surface area contributed by atoms with Crippen molar-refractivity contribution < 1.29 is 4.74 Å². The van der Waals surface area contributed by atoms with Crippen molar-refractivity contribution in [2.75, 3.05) is 6.61 Å². The summed E-state index contributed by atoms with van der Waals surface area (Å²) in [5.74, 6) is 1.66. The lowest BCUT2D eigenvalue weighted by atomic mass is 9.87. The van der Waals surface area contributed by atoms with Crippen LogP contribution in [0.3, 0.4) is 0 Å². The number of nitrogens with two attached hydrogens (primary N) is 1. The van der Waals surface area contributed by atoms with Crippen LogP contribution >= 0.6 is 11.8 Å². The molecular weight excluding hydrogens is 316 g/mol. The van der Waals surface area contributed by atoms with Crippen LogP contribution in [0.2, 0.25) is 0 Å². The quantitative estimate of drug-likeness (QED) is 0.595. The molecule has 0 saturated heterocycles. The molecule has 0 saturated carbocycles. The molecule has 128 valence electrons. The molecule has 0 amide bonds. The van der Waals surface area contributed by atoms with Gasteiger partial charge in [-0.15, -0.1) is 0 Å². The SMILES string of the molecule is CCOc1ccc(N=C(N)SCc2ccc(C(C)(C)C)cc2)cc1. The summed E-state index contributed by atoms with van der Waals surface area (Å²) < 4.78 is 5.42. The van der Waals surface area contributed by atoms with E-state index in [1.165, 1.54) is 11.1 Å². The van der Waals surface area contributed by atoms with Crippen LogP contribution < -0.4 is 10.5 Å². The van der Waals surface area contributed by atoms with Gasteiger partial charge >= 0.3 is 0 Å². The summed E-state index contributed by atoms with van der Waals surface area (Å²) >= 11 is 1.55. The second-order valence-corrected chi connectivity index (χ2v) is 7.61. The monoisotopic (exact) mass is 342 g/mol. The molecule has 0 fully saturated rings. The highest BCUT2D eigenvalue weighted by atomic mass is 32.2. The lowest BCUT2D eigenvalue weighted by molar-refractivity contribution is 0.340. The van der Waals surface area contributed by atoms with Gasteiger partial charge in [0.05, 0.1) is 12.3 Å². The second-order valence-electron chi connectivity index (χ2n) is 6.61. The highest BCUT2D eigenvalue weighted by molar-refractivity contribution is 8.13. The minimum atomic E-state index is 0.180. The van der Waals surface area contributed by atoms with Gasteiger partial charge in [0.1, 0.15) is 5.75 Å². The first-order valence-electron chi connectivity index (χ1n) is 8.17. The first-order valence-corrected chi connectivity index (χ1v) is 9.16. The van der Waals surface area contributed by atoms with Gasteiger partial charge < -0.3 is 10.5 Å². The normalized spacial score (nSPS) is 12.2. The summed E-state index contributed by atoms with van der Waals surface area (Å²) in [5.41, 5.74) is 9.64. The Morgan fingerprint density at radius 3 is 2.21 bits per heavy atom. The maximum absolute atomic E-state index is 6.03. The van der Waals surface area contributed by atoms with Crippen molar-refractivity contribution in [1.29, 1.82) is 0 Å². The molecule has 2 N–H and O–H groups in total. The Kier molecular flexibility index (Phi) is 6.32. The van der Waals surface area contributed by atoms with Gasteiger partial charge in [-0.05, 0) is 47.7 Å². The predicted octanol–water partition coefficient (Wildman–Crippen LogP) is 5.26. The Bertz CT molecular complexity index is 670. The Balaban J connectivity index is 1.93. The van der Waals surface area contributed by atoms with E-state index in [4.69, 9.17) is 10.5 Å². The Morgan fingerprint density at radius 1 is 1.04 bits per heavy atom. The van der Waals surface area contributed by atoms with Crippen LogP contribution in [0.1, 0.15) is 38.8 Å². The van der Waals surface area contributed by atoms with E-state index in [2.05, 4.69) is 50.0 Å². The Morgan fingerprint density at radius 2 is 1.67 bits per heavy atom. The molecule has 0 aliphatic rings. The standard InChI is InChI=1S/C20H26N2OS/c1-5-23-18-12-10-17(11-13-18)22-19(21)24-14-15-6-8-16(9-7-15)20(2,3)4/h6-13H,5,14H2,1-4H3,(H2,21,22). The van der Waals surface area contributed by atoms with E-state index in [0.717, 1.165) is 17.2 Å². The van der Waals surface area contributed by atoms with Crippen LogP contribution in [0, 0.1) is 0 Å². The summed E-state index contributed by atoms with van der Waals surface area (Å²) in [7, 11) is 0. The van der Waals surface area contributed by atoms with E-state index in [1.807, 2.05) is 31.2 Å². The molecule has 0 radical (unpaired) electrons. The highest BCUT2D eigenvalue weighted by Gasteiger charge is 2.12. The molecular formula is C20H26N2OS. The lowest BCUT2D eigenvalue weighted by Crippen LogP contribution is -2.10. The topological polar surface area (TPSA) is 47.6 Å². The fraction of sp³-hybridized carbons (Fsp3) is 0.350. The summed E-state index contributed by atoms with van der Waals surface area (Å²) in [6.07, 6.45) is 0. The third-order valence-corrected chi connectivity index (χ3v) is 4.46. The molecule has 4 heteroatoms. The molecule has 0 atom stereocenters. The number of ether oxygens (including phenoxy) is 1. The Labute approximate surface area is 149 Å². The molecule has 3 nitrogen and oxygen atoms in total. The fourth-order valence-corrected chi connectivity index (χ4v) is 2.88. The summed E-state index contributed by atoms with van der Waals surface area (Å²) in [6, 6.07) is 16.4. The number of hydrogen-bond acceptors (Lipinski definition) is 3. The second kappa shape index (κ2) is 8.25. The van der Waals surface area contributed by atoms with Crippen molar-refractivity contribution in [2.45, 2.75) is 38.9 Å². The number of aliphatic imine (C=N–C) groups is 1. The summed E-state index contributed by atoms with van der Waals surface area (Å²) in [4.78, 5) is 4.43. The number of benzene rings is 2. The van der Waals surface area contributed by atoms with Gasteiger partial charge in [-0.25, -0.2) is 4.99 Å². The first-order chi connectivity index (χ1) is 11.4. The number of thioether (sulfide) groups is 1. The molecule has 0 bridgehead atoms. The zero-order valence-electron chi connectivity index (χ0n) is 14.9. The molecule has 0 aliphatic carbocycles. The third kappa shape index (κ3) is 5.60. The smallest absolute Gasteiger partial charge is 0.159 e. The van der Waals surface area contributed by atoms with Gasteiger partial charge in [0.2, 0.25) is 0 Å². The molecule has 24 heavy (non-hydrogen) atoms. The van der Waals surface area contributed by atoms with E-state index in [1.54, 1.807) is 11.8 Å². The van der Waals surface area contributed by atoms with Crippen molar-refractivity contribution in [3.05, 3.63) is 59.7 Å². The number of amidine groups is 1. The van der Waals surface area contributed by atoms with Crippen LogP contribution in [-0.4, -0.2) is 11.8 Å². The Hall–Kier alpha value is -1.94. The average molecular weight is 343 g/mol. The van der Waals surface area contributed by atoms with Crippen LogP contribution in [0.15, 0.2) is 53.5 Å². The van der Waals surface area contributed by atoms with Crippen molar-refractivity contribution in [2.24, 2.45) is 10.7 Å². The number of nitrogens with zero attached hydrogens (tertiary/aromatic N) is 1. The molecule has 0 aliphatic heterocycles. The van der Waals surface area contributed by atoms with Gasteiger partial charge in [-0.3, -0.25) is 0 Å². The van der Waals surface area contributed by atoms with Crippen molar-refractivity contribution >= 4 is 22.6 Å². The zero-order chi connectivity index (χ0) is 17.6. The maximum Gasteiger partial charge on any atom is 0.159 e. The maximum atomic E-state index is 6.03. The number of rotatable bonds is 5. The van der Waals surface area contributed by atoms with E-state index in [0.29, 0.717) is 11.8 Å². The zero-order valence-corrected chi connectivity index (χ0v) is 15.7. The minimum Gasteiger partial charge on any atom is -0.494 e.